The van der Waals surface area contributed by atoms with E-state index in [9.17, 15) is 0 Å². The van der Waals surface area contributed by atoms with Crippen LogP contribution in [0.2, 0.25) is 0 Å². The van der Waals surface area contributed by atoms with Crippen LogP contribution in [-0.4, -0.2) is 49.2 Å². The lowest BCUT2D eigenvalue weighted by atomic mass is 10.0. The number of nitrogens with zero attached hydrogens (tertiary/aromatic N) is 1. The molecule has 1 aliphatic heterocycles. The fraction of sp³-hybridized carbons (Fsp3) is 1.00. The van der Waals surface area contributed by atoms with Gasteiger partial charge in [0.05, 0.1) is 0 Å². The van der Waals surface area contributed by atoms with E-state index in [1.165, 1.54) is 12.8 Å². The number of piperidine rings is 1. The Morgan fingerprint density at radius 3 is 2.40 bits per heavy atom. The molecule has 1 fully saturated rings. The van der Waals surface area contributed by atoms with Crippen LogP contribution >= 0.6 is 0 Å². The zero-order valence-corrected chi connectivity index (χ0v) is 10.1. The lowest BCUT2D eigenvalue weighted by Gasteiger charge is -2.38. The third-order valence-electron chi connectivity index (χ3n) is 2.85. The van der Waals surface area contributed by atoms with Gasteiger partial charge in [-0.25, -0.2) is 0 Å². The van der Waals surface area contributed by atoms with Crippen molar-refractivity contribution >= 4 is 0 Å². The monoisotopic (exact) mass is 214 g/mol. The van der Waals surface area contributed by atoms with E-state index in [1.807, 2.05) is 0 Å². The van der Waals surface area contributed by atoms with Crippen LogP contribution in [0.15, 0.2) is 0 Å². The van der Waals surface area contributed by atoms with E-state index in [0.717, 1.165) is 32.7 Å². The predicted octanol–water partition coefficient (Wildman–Crippen LogP) is -0.264. The second-order valence-corrected chi connectivity index (χ2v) is 5.23. The molecule has 90 valence electrons. The minimum atomic E-state index is -0.125. The van der Waals surface area contributed by atoms with Crippen LogP contribution in [0.25, 0.3) is 0 Å². The second-order valence-electron chi connectivity index (χ2n) is 5.23. The molecule has 0 radical (unpaired) electrons. The number of nitrogens with one attached hydrogen (secondary N) is 1. The number of rotatable bonds is 5. The van der Waals surface area contributed by atoms with Crippen molar-refractivity contribution in [3.05, 3.63) is 0 Å². The molecular weight excluding hydrogens is 188 g/mol. The van der Waals surface area contributed by atoms with Crippen LogP contribution in [0.3, 0.4) is 0 Å². The van der Waals surface area contributed by atoms with Gasteiger partial charge in [0.25, 0.3) is 0 Å². The summed E-state index contributed by atoms with van der Waals surface area (Å²) in [5.74, 6) is 0. The van der Waals surface area contributed by atoms with Gasteiger partial charge in [-0.15, -0.1) is 0 Å². The fourth-order valence-electron chi connectivity index (χ4n) is 2.25. The third-order valence-corrected chi connectivity index (χ3v) is 2.85. The summed E-state index contributed by atoms with van der Waals surface area (Å²) in [6, 6.07) is 0.664. The zero-order valence-electron chi connectivity index (χ0n) is 10.1. The molecule has 0 bridgehead atoms. The SMILES string of the molecule is CC(C)(N)CN(CCN)C1CCNCC1. The highest BCUT2D eigenvalue weighted by Gasteiger charge is 2.24. The van der Waals surface area contributed by atoms with Crippen molar-refractivity contribution in [2.24, 2.45) is 11.5 Å². The Hall–Kier alpha value is -0.160. The maximum Gasteiger partial charge on any atom is 0.0226 e. The van der Waals surface area contributed by atoms with Gasteiger partial charge < -0.3 is 16.8 Å². The summed E-state index contributed by atoms with van der Waals surface area (Å²) in [6.45, 7) is 9.03. The van der Waals surface area contributed by atoms with E-state index in [1.54, 1.807) is 0 Å². The van der Waals surface area contributed by atoms with Crippen molar-refractivity contribution in [2.75, 3.05) is 32.7 Å². The summed E-state index contributed by atoms with van der Waals surface area (Å²) in [5, 5.41) is 3.39. The summed E-state index contributed by atoms with van der Waals surface area (Å²) in [7, 11) is 0. The third kappa shape index (κ3) is 4.93. The molecule has 0 aromatic rings. The summed E-state index contributed by atoms with van der Waals surface area (Å²) >= 11 is 0. The molecule has 0 aromatic carbocycles. The minimum Gasteiger partial charge on any atom is -0.329 e. The predicted molar refractivity (Wildman–Crippen MR) is 64.8 cm³/mol. The highest BCUT2D eigenvalue weighted by molar-refractivity contribution is 4.84. The topological polar surface area (TPSA) is 67.3 Å². The summed E-state index contributed by atoms with van der Waals surface area (Å²) in [4.78, 5) is 2.46. The first-order valence-corrected chi connectivity index (χ1v) is 5.96. The molecule has 4 nitrogen and oxygen atoms in total. The van der Waals surface area contributed by atoms with Gasteiger partial charge >= 0.3 is 0 Å². The average molecular weight is 214 g/mol. The molecule has 0 unspecified atom stereocenters. The van der Waals surface area contributed by atoms with E-state index in [2.05, 4.69) is 24.1 Å². The molecular formula is C11H26N4. The zero-order chi connectivity index (χ0) is 11.3. The highest BCUT2D eigenvalue weighted by atomic mass is 15.2. The lowest BCUT2D eigenvalue weighted by Crippen LogP contribution is -2.52. The lowest BCUT2D eigenvalue weighted by molar-refractivity contribution is 0.140. The summed E-state index contributed by atoms with van der Waals surface area (Å²) < 4.78 is 0. The van der Waals surface area contributed by atoms with Crippen molar-refractivity contribution < 1.29 is 0 Å². The van der Waals surface area contributed by atoms with Gasteiger partial charge in [-0.05, 0) is 39.8 Å². The van der Waals surface area contributed by atoms with E-state index < -0.39 is 0 Å². The Balaban J connectivity index is 2.47. The van der Waals surface area contributed by atoms with Gasteiger partial charge in [0, 0.05) is 31.2 Å². The fourth-order valence-corrected chi connectivity index (χ4v) is 2.25. The van der Waals surface area contributed by atoms with Gasteiger partial charge in [0.15, 0.2) is 0 Å². The molecule has 0 saturated carbocycles. The van der Waals surface area contributed by atoms with Crippen molar-refractivity contribution in [3.63, 3.8) is 0 Å². The Bertz CT molecular complexity index is 170. The van der Waals surface area contributed by atoms with Crippen LogP contribution in [0, 0.1) is 0 Å². The molecule has 4 heteroatoms. The summed E-state index contributed by atoms with van der Waals surface area (Å²) in [6.07, 6.45) is 2.44. The molecule has 1 heterocycles. The van der Waals surface area contributed by atoms with Crippen LogP contribution < -0.4 is 16.8 Å². The molecule has 1 rings (SSSR count). The van der Waals surface area contributed by atoms with E-state index in [4.69, 9.17) is 11.5 Å². The molecule has 1 saturated heterocycles. The normalized spacial score (nSPS) is 19.8. The van der Waals surface area contributed by atoms with Crippen LogP contribution in [0.4, 0.5) is 0 Å². The molecule has 0 spiro atoms. The van der Waals surface area contributed by atoms with E-state index in [0.29, 0.717) is 6.04 Å². The van der Waals surface area contributed by atoms with Crippen LogP contribution in [0.5, 0.6) is 0 Å². The van der Waals surface area contributed by atoms with Crippen LogP contribution in [-0.2, 0) is 0 Å². The standard InChI is InChI=1S/C11H26N4/c1-11(2,13)9-15(8-5-12)10-3-6-14-7-4-10/h10,14H,3-9,12-13H2,1-2H3. The number of nitrogens with two attached hydrogens (primary N) is 2. The Morgan fingerprint density at radius 2 is 1.93 bits per heavy atom. The number of hydrogen-bond donors (Lipinski definition) is 3. The van der Waals surface area contributed by atoms with Crippen LogP contribution in [0.1, 0.15) is 26.7 Å². The first kappa shape index (κ1) is 12.9. The quantitative estimate of drug-likeness (QED) is 0.590. The minimum absolute atomic E-state index is 0.125. The largest absolute Gasteiger partial charge is 0.329 e. The van der Waals surface area contributed by atoms with E-state index in [-0.39, 0.29) is 5.54 Å². The van der Waals surface area contributed by atoms with E-state index >= 15 is 0 Å². The Morgan fingerprint density at radius 1 is 1.33 bits per heavy atom. The molecule has 5 N–H and O–H groups in total. The maximum absolute atomic E-state index is 6.08. The van der Waals surface area contributed by atoms with Gasteiger partial charge in [0.2, 0.25) is 0 Å². The van der Waals surface area contributed by atoms with Crippen molar-refractivity contribution in [2.45, 2.75) is 38.3 Å². The summed E-state index contributed by atoms with van der Waals surface area (Å²) in [5.41, 5.74) is 11.6. The van der Waals surface area contributed by atoms with Crippen molar-refractivity contribution in [1.82, 2.24) is 10.2 Å². The average Bonchev–Trinajstić information content (AvgIpc) is 2.17. The molecule has 0 amide bonds. The Labute approximate surface area is 93.4 Å². The van der Waals surface area contributed by atoms with Gasteiger partial charge in [-0.3, -0.25) is 4.90 Å². The maximum atomic E-state index is 6.08. The molecule has 0 atom stereocenters. The molecule has 0 aromatic heterocycles. The van der Waals surface area contributed by atoms with Gasteiger partial charge in [-0.1, -0.05) is 0 Å². The number of hydrogen-bond acceptors (Lipinski definition) is 4. The Kier molecular flexibility index (Phi) is 4.99. The van der Waals surface area contributed by atoms with Gasteiger partial charge in [-0.2, -0.15) is 0 Å². The molecule has 1 aliphatic rings. The van der Waals surface area contributed by atoms with Gasteiger partial charge in [0.1, 0.15) is 0 Å². The second kappa shape index (κ2) is 5.80. The molecule has 15 heavy (non-hydrogen) atoms. The smallest absolute Gasteiger partial charge is 0.0226 e. The first-order valence-electron chi connectivity index (χ1n) is 5.96. The first-order chi connectivity index (χ1) is 7.03. The van der Waals surface area contributed by atoms with Crippen molar-refractivity contribution in [1.29, 1.82) is 0 Å². The highest BCUT2D eigenvalue weighted by Crippen LogP contribution is 2.14. The van der Waals surface area contributed by atoms with Crippen molar-refractivity contribution in [3.8, 4) is 0 Å². The molecule has 0 aliphatic carbocycles.